The van der Waals surface area contributed by atoms with Gasteiger partial charge in [0.05, 0.1) is 12.2 Å². The molecule has 0 aromatic carbocycles. The van der Waals surface area contributed by atoms with E-state index in [1.165, 1.54) is 5.56 Å². The monoisotopic (exact) mass is 243 g/mol. The van der Waals surface area contributed by atoms with Crippen LogP contribution in [0.4, 0.5) is 11.8 Å². The highest BCUT2D eigenvalue weighted by molar-refractivity contribution is 5.40. The molecular weight excluding hydrogens is 226 g/mol. The van der Waals surface area contributed by atoms with Gasteiger partial charge in [0.1, 0.15) is 5.82 Å². The van der Waals surface area contributed by atoms with Crippen molar-refractivity contribution >= 4 is 11.8 Å². The van der Waals surface area contributed by atoms with Crippen LogP contribution in [0.25, 0.3) is 0 Å². The summed E-state index contributed by atoms with van der Waals surface area (Å²) in [5.74, 6) is 1.50. The SMILES string of the molecule is Cc1cccnc1CNc1ccnc(N(C)C)n1. The van der Waals surface area contributed by atoms with E-state index in [9.17, 15) is 0 Å². The van der Waals surface area contributed by atoms with Crippen LogP contribution in [0.1, 0.15) is 11.3 Å². The normalized spacial score (nSPS) is 10.2. The molecule has 2 rings (SSSR count). The van der Waals surface area contributed by atoms with Gasteiger partial charge in [0.2, 0.25) is 5.95 Å². The first kappa shape index (κ1) is 12.3. The molecule has 1 N–H and O–H groups in total. The predicted molar refractivity (Wildman–Crippen MR) is 72.7 cm³/mol. The smallest absolute Gasteiger partial charge is 0.226 e. The maximum Gasteiger partial charge on any atom is 0.226 e. The minimum atomic E-state index is 0.663. The van der Waals surface area contributed by atoms with Gasteiger partial charge in [-0.2, -0.15) is 4.98 Å². The molecule has 2 aromatic heterocycles. The van der Waals surface area contributed by atoms with Crippen molar-refractivity contribution < 1.29 is 0 Å². The summed E-state index contributed by atoms with van der Waals surface area (Å²) < 4.78 is 0. The minimum absolute atomic E-state index is 0.663. The highest BCUT2D eigenvalue weighted by atomic mass is 15.2. The molecule has 2 heterocycles. The number of nitrogens with one attached hydrogen (secondary N) is 1. The summed E-state index contributed by atoms with van der Waals surface area (Å²) in [6.07, 6.45) is 3.55. The molecule has 0 atom stereocenters. The van der Waals surface area contributed by atoms with E-state index >= 15 is 0 Å². The van der Waals surface area contributed by atoms with Gasteiger partial charge in [-0.15, -0.1) is 0 Å². The second kappa shape index (κ2) is 5.44. The Hall–Kier alpha value is -2.17. The molecule has 0 radical (unpaired) electrons. The van der Waals surface area contributed by atoms with Gasteiger partial charge in [-0.05, 0) is 24.6 Å². The Bertz CT molecular complexity index is 524. The average Bonchev–Trinajstić information content (AvgIpc) is 2.38. The lowest BCUT2D eigenvalue weighted by Crippen LogP contribution is -2.14. The van der Waals surface area contributed by atoms with Gasteiger partial charge >= 0.3 is 0 Å². The topological polar surface area (TPSA) is 53.9 Å². The van der Waals surface area contributed by atoms with Crippen LogP contribution < -0.4 is 10.2 Å². The number of aryl methyl sites for hydroxylation is 1. The summed E-state index contributed by atoms with van der Waals surface area (Å²) in [4.78, 5) is 14.8. The molecule has 5 nitrogen and oxygen atoms in total. The van der Waals surface area contributed by atoms with Crippen molar-refractivity contribution in [2.24, 2.45) is 0 Å². The average molecular weight is 243 g/mol. The first-order valence-corrected chi connectivity index (χ1v) is 5.81. The van der Waals surface area contributed by atoms with E-state index in [4.69, 9.17) is 0 Å². The maximum absolute atomic E-state index is 4.39. The minimum Gasteiger partial charge on any atom is -0.364 e. The Morgan fingerprint density at radius 3 is 2.72 bits per heavy atom. The number of hydrogen-bond acceptors (Lipinski definition) is 5. The largest absolute Gasteiger partial charge is 0.364 e. The van der Waals surface area contributed by atoms with Crippen molar-refractivity contribution in [2.45, 2.75) is 13.5 Å². The van der Waals surface area contributed by atoms with E-state index in [-0.39, 0.29) is 0 Å². The number of nitrogens with zero attached hydrogens (tertiary/aromatic N) is 4. The Kier molecular flexibility index (Phi) is 3.72. The molecule has 2 aromatic rings. The number of aromatic nitrogens is 3. The highest BCUT2D eigenvalue weighted by Crippen LogP contribution is 2.10. The number of hydrogen-bond donors (Lipinski definition) is 1. The van der Waals surface area contributed by atoms with E-state index in [2.05, 4.69) is 33.3 Å². The standard InChI is InChI=1S/C13H17N5/c1-10-5-4-7-14-11(10)9-16-12-6-8-15-13(17-12)18(2)3/h4-8H,9H2,1-3H3,(H,15,16,17). The van der Waals surface area contributed by atoms with E-state index < -0.39 is 0 Å². The Balaban J connectivity index is 2.07. The molecule has 5 heteroatoms. The third kappa shape index (κ3) is 2.94. The van der Waals surface area contributed by atoms with Gasteiger partial charge in [-0.3, -0.25) is 4.98 Å². The highest BCUT2D eigenvalue weighted by Gasteiger charge is 2.02. The first-order valence-electron chi connectivity index (χ1n) is 5.81. The van der Waals surface area contributed by atoms with Gasteiger partial charge in [0, 0.05) is 26.5 Å². The third-order valence-corrected chi connectivity index (χ3v) is 2.60. The van der Waals surface area contributed by atoms with Crippen molar-refractivity contribution in [2.75, 3.05) is 24.3 Å². The number of pyridine rings is 1. The van der Waals surface area contributed by atoms with Gasteiger partial charge < -0.3 is 10.2 Å². The Morgan fingerprint density at radius 2 is 2.00 bits per heavy atom. The van der Waals surface area contributed by atoms with E-state index in [1.54, 1.807) is 12.4 Å². The summed E-state index contributed by atoms with van der Waals surface area (Å²) in [5.41, 5.74) is 2.20. The summed E-state index contributed by atoms with van der Waals surface area (Å²) in [7, 11) is 3.84. The van der Waals surface area contributed by atoms with Gasteiger partial charge in [-0.1, -0.05) is 6.07 Å². The van der Waals surface area contributed by atoms with E-state index in [1.807, 2.05) is 31.1 Å². The number of anilines is 2. The molecule has 0 fully saturated rings. The van der Waals surface area contributed by atoms with Crippen molar-refractivity contribution in [3.63, 3.8) is 0 Å². The molecule has 18 heavy (non-hydrogen) atoms. The van der Waals surface area contributed by atoms with Crippen LogP contribution in [0, 0.1) is 6.92 Å². The van der Waals surface area contributed by atoms with Crippen LogP contribution in [0.2, 0.25) is 0 Å². The Labute approximate surface area is 107 Å². The molecule has 0 aliphatic rings. The van der Waals surface area contributed by atoms with Gasteiger partial charge in [0.25, 0.3) is 0 Å². The van der Waals surface area contributed by atoms with Gasteiger partial charge in [-0.25, -0.2) is 4.98 Å². The lowest BCUT2D eigenvalue weighted by Gasteiger charge is -2.12. The zero-order chi connectivity index (χ0) is 13.0. The second-order valence-corrected chi connectivity index (χ2v) is 4.26. The predicted octanol–water partition coefficient (Wildman–Crippen LogP) is 1.86. The van der Waals surface area contributed by atoms with Crippen LogP contribution in [0.3, 0.4) is 0 Å². The fraction of sp³-hybridized carbons (Fsp3) is 0.308. The van der Waals surface area contributed by atoms with Crippen molar-refractivity contribution in [1.29, 1.82) is 0 Å². The molecule has 0 aliphatic heterocycles. The lowest BCUT2D eigenvalue weighted by molar-refractivity contribution is 0.969. The van der Waals surface area contributed by atoms with E-state index in [0.717, 1.165) is 11.5 Å². The van der Waals surface area contributed by atoms with Crippen molar-refractivity contribution in [1.82, 2.24) is 15.0 Å². The van der Waals surface area contributed by atoms with Crippen molar-refractivity contribution in [3.05, 3.63) is 41.9 Å². The summed E-state index contributed by atoms with van der Waals surface area (Å²) in [5, 5.41) is 3.26. The summed E-state index contributed by atoms with van der Waals surface area (Å²) in [6, 6.07) is 5.84. The van der Waals surface area contributed by atoms with Crippen LogP contribution in [0.15, 0.2) is 30.6 Å². The van der Waals surface area contributed by atoms with Crippen LogP contribution >= 0.6 is 0 Å². The zero-order valence-corrected chi connectivity index (χ0v) is 10.9. The molecule has 94 valence electrons. The van der Waals surface area contributed by atoms with Gasteiger partial charge in [0.15, 0.2) is 0 Å². The fourth-order valence-corrected chi connectivity index (χ4v) is 1.54. The quantitative estimate of drug-likeness (QED) is 0.888. The molecule has 0 saturated carbocycles. The molecule has 0 bridgehead atoms. The summed E-state index contributed by atoms with van der Waals surface area (Å²) in [6.45, 7) is 2.71. The second-order valence-electron chi connectivity index (χ2n) is 4.26. The molecular formula is C13H17N5. The fourth-order valence-electron chi connectivity index (χ4n) is 1.54. The van der Waals surface area contributed by atoms with Crippen LogP contribution in [0.5, 0.6) is 0 Å². The zero-order valence-electron chi connectivity index (χ0n) is 10.9. The molecule has 0 aliphatic carbocycles. The van der Waals surface area contributed by atoms with Crippen LogP contribution in [-0.4, -0.2) is 29.0 Å². The molecule has 0 amide bonds. The lowest BCUT2D eigenvalue weighted by atomic mass is 10.2. The number of rotatable bonds is 4. The van der Waals surface area contributed by atoms with Crippen LogP contribution in [-0.2, 0) is 6.54 Å². The Morgan fingerprint density at radius 1 is 1.17 bits per heavy atom. The first-order chi connectivity index (χ1) is 8.66. The maximum atomic E-state index is 4.39. The van der Waals surface area contributed by atoms with E-state index in [0.29, 0.717) is 12.5 Å². The van der Waals surface area contributed by atoms with Crippen molar-refractivity contribution in [3.8, 4) is 0 Å². The molecule has 0 unspecified atom stereocenters. The summed E-state index contributed by atoms with van der Waals surface area (Å²) >= 11 is 0. The molecule has 0 spiro atoms. The third-order valence-electron chi connectivity index (χ3n) is 2.60. The molecule has 0 saturated heterocycles.